The van der Waals surface area contributed by atoms with Crippen LogP contribution in [0.4, 0.5) is 0 Å². The van der Waals surface area contributed by atoms with Gasteiger partial charge in [0.1, 0.15) is 33.5 Å². The van der Waals surface area contributed by atoms with Crippen LogP contribution in [0, 0.1) is 0 Å². The molecule has 0 N–H and O–H groups in total. The lowest BCUT2D eigenvalue weighted by Gasteiger charge is -2.11. The van der Waals surface area contributed by atoms with Crippen molar-refractivity contribution < 1.29 is 13.3 Å². The second-order valence-electron chi connectivity index (χ2n) is 15.9. The number of nitrogens with zero attached hydrogens (tertiary/aromatic N) is 3. The van der Waals surface area contributed by atoms with E-state index >= 15 is 0 Å². The Morgan fingerprint density at radius 1 is 0.238 bits per heavy atom. The molecule has 0 aliphatic heterocycles. The highest BCUT2D eigenvalue weighted by atomic mass is 16.3. The van der Waals surface area contributed by atoms with E-state index in [1.165, 1.54) is 0 Å². The Labute approximate surface area is 360 Å². The number of aromatic nitrogens is 3. The fourth-order valence-electron chi connectivity index (χ4n) is 9.23. The molecule has 6 heteroatoms. The molecule has 9 aromatic carbocycles. The molecule has 0 saturated carbocycles. The van der Waals surface area contributed by atoms with Crippen LogP contribution in [0.1, 0.15) is 0 Å². The standard InChI is InChI=1S/C57H33N3O3/c1-3-13-34(14-4-1)40-20-11-23-49-53(40)45-29-26-38(33-52(45)63-49)57-59-55(35-15-5-2-6-16-35)58-56(60-57)37-25-28-42-46-31-36(27-30-48(46)62-51(42)32-37)39-17-7-8-18-41(39)43-21-12-24-50-54(43)44-19-9-10-22-47(44)61-50/h1-33H. The molecule has 0 spiro atoms. The summed E-state index contributed by atoms with van der Waals surface area (Å²) in [6.07, 6.45) is 0. The van der Waals surface area contributed by atoms with Gasteiger partial charge in [-0.1, -0.05) is 146 Å². The Kier molecular flexibility index (Phi) is 7.80. The number of para-hydroxylation sites is 1. The summed E-state index contributed by atoms with van der Waals surface area (Å²) in [5.41, 5.74) is 14.3. The monoisotopic (exact) mass is 807 g/mol. The Hall–Kier alpha value is -8.61. The molecule has 0 saturated heterocycles. The summed E-state index contributed by atoms with van der Waals surface area (Å²) in [5, 5.41) is 6.40. The summed E-state index contributed by atoms with van der Waals surface area (Å²) in [6.45, 7) is 0. The molecule has 0 aliphatic carbocycles. The predicted octanol–water partition coefficient (Wildman–Crippen LogP) is 15.6. The summed E-state index contributed by atoms with van der Waals surface area (Å²) >= 11 is 0. The zero-order chi connectivity index (χ0) is 41.4. The molecule has 13 aromatic rings. The van der Waals surface area contributed by atoms with Gasteiger partial charge in [0.15, 0.2) is 17.5 Å². The van der Waals surface area contributed by atoms with Gasteiger partial charge in [-0.15, -0.1) is 0 Å². The summed E-state index contributed by atoms with van der Waals surface area (Å²) in [6, 6.07) is 68.7. The minimum atomic E-state index is 0.549. The number of furan rings is 3. The SMILES string of the molecule is c1ccc(-c2nc(-c3ccc4c(c3)oc3ccc(-c5ccccc5-c5cccc6oc7ccccc7c56)cc34)nc(-c3ccc4c(c3)oc3cccc(-c5ccccc5)c34)n2)cc1. The van der Waals surface area contributed by atoms with Crippen molar-refractivity contribution in [1.82, 2.24) is 15.0 Å². The Balaban J connectivity index is 0.914. The van der Waals surface area contributed by atoms with Crippen molar-refractivity contribution in [1.29, 1.82) is 0 Å². The molecule has 6 nitrogen and oxygen atoms in total. The van der Waals surface area contributed by atoms with E-state index in [0.717, 1.165) is 116 Å². The maximum atomic E-state index is 6.57. The van der Waals surface area contributed by atoms with Crippen LogP contribution in [0.15, 0.2) is 213 Å². The smallest absolute Gasteiger partial charge is 0.164 e. The summed E-state index contributed by atoms with van der Waals surface area (Å²) < 4.78 is 19.3. The highest BCUT2D eigenvalue weighted by Crippen LogP contribution is 2.43. The van der Waals surface area contributed by atoms with Crippen molar-refractivity contribution in [3.63, 3.8) is 0 Å². The lowest BCUT2D eigenvalue weighted by Crippen LogP contribution is -2.00. The quantitative estimate of drug-likeness (QED) is 0.166. The first-order valence-corrected chi connectivity index (χ1v) is 21.0. The highest BCUT2D eigenvalue weighted by molar-refractivity contribution is 6.15. The second-order valence-corrected chi connectivity index (χ2v) is 15.9. The number of hydrogen-bond acceptors (Lipinski definition) is 6. The normalized spacial score (nSPS) is 11.8. The molecule has 0 amide bonds. The molecule has 294 valence electrons. The van der Waals surface area contributed by atoms with Crippen LogP contribution < -0.4 is 0 Å². The number of fused-ring (bicyclic) bond motifs is 9. The molecule has 0 aliphatic rings. The molecule has 0 radical (unpaired) electrons. The summed E-state index contributed by atoms with van der Waals surface area (Å²) in [4.78, 5) is 15.2. The van der Waals surface area contributed by atoms with Crippen LogP contribution in [0.25, 0.3) is 133 Å². The maximum absolute atomic E-state index is 6.57. The van der Waals surface area contributed by atoms with Gasteiger partial charge in [0.2, 0.25) is 0 Å². The number of benzene rings is 9. The average molecular weight is 808 g/mol. The van der Waals surface area contributed by atoms with E-state index in [2.05, 4.69) is 121 Å². The van der Waals surface area contributed by atoms with Crippen molar-refractivity contribution in [3.05, 3.63) is 200 Å². The largest absolute Gasteiger partial charge is 0.456 e. The van der Waals surface area contributed by atoms with Gasteiger partial charge in [-0.05, 0) is 88.0 Å². The van der Waals surface area contributed by atoms with Gasteiger partial charge < -0.3 is 13.3 Å². The zero-order valence-corrected chi connectivity index (χ0v) is 33.6. The molecular formula is C57H33N3O3. The molecule has 0 atom stereocenters. The molecule has 63 heavy (non-hydrogen) atoms. The minimum absolute atomic E-state index is 0.549. The van der Waals surface area contributed by atoms with Gasteiger partial charge in [-0.25, -0.2) is 15.0 Å². The summed E-state index contributed by atoms with van der Waals surface area (Å²) in [5.74, 6) is 1.68. The van der Waals surface area contributed by atoms with Crippen LogP contribution >= 0.6 is 0 Å². The van der Waals surface area contributed by atoms with E-state index in [9.17, 15) is 0 Å². The first-order valence-electron chi connectivity index (χ1n) is 21.0. The van der Waals surface area contributed by atoms with Gasteiger partial charge >= 0.3 is 0 Å². The molecule has 0 bridgehead atoms. The highest BCUT2D eigenvalue weighted by Gasteiger charge is 2.20. The van der Waals surface area contributed by atoms with E-state index in [4.69, 9.17) is 28.2 Å². The third-order valence-corrected chi connectivity index (χ3v) is 12.2. The molecule has 13 rings (SSSR count). The maximum Gasteiger partial charge on any atom is 0.164 e. The van der Waals surface area contributed by atoms with Crippen LogP contribution in [-0.2, 0) is 0 Å². The first kappa shape index (κ1) is 35.2. The van der Waals surface area contributed by atoms with Crippen LogP contribution in [0.2, 0.25) is 0 Å². The van der Waals surface area contributed by atoms with Crippen LogP contribution in [0.5, 0.6) is 0 Å². The molecule has 4 heterocycles. The van der Waals surface area contributed by atoms with Crippen molar-refractivity contribution in [2.24, 2.45) is 0 Å². The van der Waals surface area contributed by atoms with Crippen LogP contribution in [0.3, 0.4) is 0 Å². The lowest BCUT2D eigenvalue weighted by molar-refractivity contribution is 0.668. The van der Waals surface area contributed by atoms with E-state index in [0.29, 0.717) is 17.5 Å². The van der Waals surface area contributed by atoms with Gasteiger partial charge in [0.05, 0.1) is 0 Å². The van der Waals surface area contributed by atoms with E-state index in [-0.39, 0.29) is 0 Å². The van der Waals surface area contributed by atoms with Gasteiger partial charge in [-0.2, -0.15) is 0 Å². The van der Waals surface area contributed by atoms with Crippen molar-refractivity contribution >= 4 is 65.8 Å². The molecular weight excluding hydrogens is 775 g/mol. The Morgan fingerprint density at radius 3 is 1.46 bits per heavy atom. The van der Waals surface area contributed by atoms with E-state index in [1.54, 1.807) is 0 Å². The van der Waals surface area contributed by atoms with Gasteiger partial charge in [0.25, 0.3) is 0 Å². The summed E-state index contributed by atoms with van der Waals surface area (Å²) in [7, 11) is 0. The molecule has 0 unspecified atom stereocenters. The van der Waals surface area contributed by atoms with Gasteiger partial charge in [0, 0.05) is 49.0 Å². The molecule has 4 aromatic heterocycles. The van der Waals surface area contributed by atoms with Gasteiger partial charge in [-0.3, -0.25) is 0 Å². The topological polar surface area (TPSA) is 78.1 Å². The fraction of sp³-hybridized carbons (Fsp3) is 0. The average Bonchev–Trinajstić information content (AvgIpc) is 4.05. The third-order valence-electron chi connectivity index (χ3n) is 12.2. The zero-order valence-electron chi connectivity index (χ0n) is 33.6. The predicted molar refractivity (Wildman–Crippen MR) is 254 cm³/mol. The Bertz CT molecular complexity index is 3920. The number of rotatable bonds is 6. The Morgan fingerprint density at radius 2 is 0.714 bits per heavy atom. The van der Waals surface area contributed by atoms with E-state index < -0.39 is 0 Å². The fourth-order valence-corrected chi connectivity index (χ4v) is 9.23. The third kappa shape index (κ3) is 5.76. The minimum Gasteiger partial charge on any atom is -0.456 e. The number of hydrogen-bond donors (Lipinski definition) is 0. The lowest BCUT2D eigenvalue weighted by atomic mass is 9.91. The second kappa shape index (κ2) is 14.0. The van der Waals surface area contributed by atoms with Crippen LogP contribution in [-0.4, -0.2) is 15.0 Å². The molecule has 0 fully saturated rings. The van der Waals surface area contributed by atoms with E-state index in [1.807, 2.05) is 78.9 Å². The first-order chi connectivity index (χ1) is 31.2. The van der Waals surface area contributed by atoms with Crippen molar-refractivity contribution in [3.8, 4) is 67.5 Å². The van der Waals surface area contributed by atoms with Crippen molar-refractivity contribution in [2.45, 2.75) is 0 Å². The van der Waals surface area contributed by atoms with Crippen molar-refractivity contribution in [2.75, 3.05) is 0 Å².